The van der Waals surface area contributed by atoms with Crippen molar-refractivity contribution < 1.29 is 0 Å². The number of hydrogen-bond acceptors (Lipinski definition) is 2. The highest BCUT2D eigenvalue weighted by molar-refractivity contribution is 6.30. The van der Waals surface area contributed by atoms with E-state index in [1.165, 1.54) is 0 Å². The molecule has 0 aliphatic rings. The van der Waals surface area contributed by atoms with E-state index in [2.05, 4.69) is 5.10 Å². The number of anilines is 1. The molecule has 0 fully saturated rings. The molecule has 3 nitrogen and oxygen atoms in total. The van der Waals surface area contributed by atoms with Crippen LogP contribution in [0.4, 0.5) is 5.69 Å². The summed E-state index contributed by atoms with van der Waals surface area (Å²) >= 11 is 5.78. The predicted molar refractivity (Wildman–Crippen MR) is 64.4 cm³/mol. The fourth-order valence-corrected chi connectivity index (χ4v) is 1.37. The second kappa shape index (κ2) is 5.05. The molecule has 0 bridgehead atoms. The molecule has 0 aliphatic carbocycles. The maximum absolute atomic E-state index is 5.78. The molecule has 1 aromatic carbocycles. The van der Waals surface area contributed by atoms with Crippen molar-refractivity contribution >= 4 is 29.7 Å². The lowest BCUT2D eigenvalue weighted by Gasteiger charge is -2.01. The molecule has 0 aliphatic heterocycles. The molecular formula is C10H11Cl2N3. The van der Waals surface area contributed by atoms with Crippen molar-refractivity contribution in [2.75, 3.05) is 5.73 Å². The maximum atomic E-state index is 5.78. The van der Waals surface area contributed by atoms with Gasteiger partial charge in [-0.3, -0.25) is 4.68 Å². The third-order valence-corrected chi connectivity index (χ3v) is 2.16. The molecule has 1 aromatic heterocycles. The van der Waals surface area contributed by atoms with Crippen LogP contribution in [0.1, 0.15) is 5.56 Å². The number of nitrogens with two attached hydrogens (primary N) is 1. The molecule has 0 radical (unpaired) electrons. The number of benzene rings is 1. The van der Waals surface area contributed by atoms with Crippen LogP contribution < -0.4 is 5.73 Å². The van der Waals surface area contributed by atoms with E-state index in [1.807, 2.05) is 24.3 Å². The summed E-state index contributed by atoms with van der Waals surface area (Å²) in [4.78, 5) is 0. The molecule has 2 aromatic rings. The SMILES string of the molecule is Cl.Nc1cnn(Cc2ccc(Cl)cc2)c1. The van der Waals surface area contributed by atoms with Crippen LogP contribution in [0.5, 0.6) is 0 Å². The first-order valence-corrected chi connectivity index (χ1v) is 4.64. The quantitative estimate of drug-likeness (QED) is 0.882. The van der Waals surface area contributed by atoms with Crippen molar-refractivity contribution in [1.29, 1.82) is 0 Å². The van der Waals surface area contributed by atoms with E-state index in [4.69, 9.17) is 17.3 Å². The van der Waals surface area contributed by atoms with E-state index in [1.54, 1.807) is 17.1 Å². The Hall–Kier alpha value is -1.19. The van der Waals surface area contributed by atoms with Gasteiger partial charge in [0.25, 0.3) is 0 Å². The Labute approximate surface area is 99.3 Å². The average molecular weight is 244 g/mol. The summed E-state index contributed by atoms with van der Waals surface area (Å²) in [5, 5.41) is 4.84. The summed E-state index contributed by atoms with van der Waals surface area (Å²) in [5.41, 5.74) is 7.38. The predicted octanol–water partition coefficient (Wildman–Crippen LogP) is 2.59. The van der Waals surface area contributed by atoms with E-state index in [0.717, 1.165) is 10.6 Å². The number of halogens is 2. The molecule has 0 unspecified atom stereocenters. The highest BCUT2D eigenvalue weighted by atomic mass is 35.5. The third-order valence-electron chi connectivity index (χ3n) is 1.91. The van der Waals surface area contributed by atoms with Gasteiger partial charge in [-0.2, -0.15) is 5.10 Å². The van der Waals surface area contributed by atoms with E-state index < -0.39 is 0 Å². The van der Waals surface area contributed by atoms with Gasteiger partial charge < -0.3 is 5.73 Å². The summed E-state index contributed by atoms with van der Waals surface area (Å²) < 4.78 is 1.79. The van der Waals surface area contributed by atoms with Gasteiger partial charge in [0.05, 0.1) is 18.4 Å². The lowest BCUT2D eigenvalue weighted by atomic mass is 10.2. The second-order valence-electron chi connectivity index (χ2n) is 3.10. The summed E-state index contributed by atoms with van der Waals surface area (Å²) in [6.45, 7) is 0.717. The average Bonchev–Trinajstić information content (AvgIpc) is 2.56. The van der Waals surface area contributed by atoms with Crippen LogP contribution in [0.25, 0.3) is 0 Å². The standard InChI is InChI=1S/C10H10ClN3.ClH/c11-9-3-1-8(2-4-9)6-14-7-10(12)5-13-14;/h1-5,7H,6,12H2;1H. The fraction of sp³-hybridized carbons (Fsp3) is 0.100. The topological polar surface area (TPSA) is 43.8 Å². The number of aromatic nitrogens is 2. The summed E-state index contributed by atoms with van der Waals surface area (Å²) in [6, 6.07) is 7.67. The minimum absolute atomic E-state index is 0. The molecular weight excluding hydrogens is 233 g/mol. The molecule has 0 amide bonds. The van der Waals surface area contributed by atoms with Gasteiger partial charge in [0.15, 0.2) is 0 Å². The van der Waals surface area contributed by atoms with Crippen LogP contribution in [-0.4, -0.2) is 9.78 Å². The van der Waals surface area contributed by atoms with Gasteiger partial charge in [-0.1, -0.05) is 23.7 Å². The van der Waals surface area contributed by atoms with Crippen molar-refractivity contribution in [3.8, 4) is 0 Å². The molecule has 0 saturated carbocycles. The first kappa shape index (κ1) is 11.9. The van der Waals surface area contributed by atoms with Gasteiger partial charge in [-0.15, -0.1) is 12.4 Å². The van der Waals surface area contributed by atoms with E-state index in [9.17, 15) is 0 Å². The first-order valence-electron chi connectivity index (χ1n) is 4.26. The van der Waals surface area contributed by atoms with Crippen LogP contribution in [0.2, 0.25) is 5.02 Å². The lowest BCUT2D eigenvalue weighted by Crippen LogP contribution is -1.99. The van der Waals surface area contributed by atoms with Crippen LogP contribution in [0.3, 0.4) is 0 Å². The second-order valence-corrected chi connectivity index (χ2v) is 3.53. The molecule has 0 saturated heterocycles. The zero-order valence-corrected chi connectivity index (χ0v) is 9.50. The van der Waals surface area contributed by atoms with Crippen LogP contribution >= 0.6 is 24.0 Å². The monoisotopic (exact) mass is 243 g/mol. The molecule has 0 atom stereocenters. The Morgan fingerprint density at radius 2 is 1.93 bits per heavy atom. The van der Waals surface area contributed by atoms with Crippen LogP contribution in [-0.2, 0) is 6.54 Å². The minimum atomic E-state index is 0. The molecule has 5 heteroatoms. The Kier molecular flexibility index (Phi) is 4.00. The molecule has 0 spiro atoms. The largest absolute Gasteiger partial charge is 0.396 e. The smallest absolute Gasteiger partial charge is 0.0719 e. The van der Waals surface area contributed by atoms with Gasteiger partial charge in [-0.25, -0.2) is 0 Å². The van der Waals surface area contributed by atoms with Gasteiger partial charge in [0.2, 0.25) is 0 Å². The Balaban J connectivity index is 0.00000112. The summed E-state index contributed by atoms with van der Waals surface area (Å²) in [6.07, 6.45) is 3.44. The molecule has 2 N–H and O–H groups in total. The molecule has 15 heavy (non-hydrogen) atoms. The normalized spacial score (nSPS) is 9.67. The number of rotatable bonds is 2. The molecule has 80 valence electrons. The lowest BCUT2D eigenvalue weighted by molar-refractivity contribution is 0.687. The number of nitrogen functional groups attached to an aromatic ring is 1. The third kappa shape index (κ3) is 3.15. The van der Waals surface area contributed by atoms with Crippen LogP contribution in [0.15, 0.2) is 36.7 Å². The summed E-state index contributed by atoms with van der Waals surface area (Å²) in [5.74, 6) is 0. The number of nitrogens with zero attached hydrogens (tertiary/aromatic N) is 2. The zero-order chi connectivity index (χ0) is 9.97. The van der Waals surface area contributed by atoms with Crippen molar-refractivity contribution in [3.05, 3.63) is 47.2 Å². The Morgan fingerprint density at radius 1 is 1.27 bits per heavy atom. The molecule has 1 heterocycles. The first-order chi connectivity index (χ1) is 6.74. The van der Waals surface area contributed by atoms with E-state index >= 15 is 0 Å². The van der Waals surface area contributed by atoms with Crippen molar-refractivity contribution in [3.63, 3.8) is 0 Å². The highest BCUT2D eigenvalue weighted by Crippen LogP contribution is 2.10. The fourth-order valence-electron chi connectivity index (χ4n) is 1.24. The van der Waals surface area contributed by atoms with Crippen molar-refractivity contribution in [1.82, 2.24) is 9.78 Å². The summed E-state index contributed by atoms with van der Waals surface area (Å²) in [7, 11) is 0. The Morgan fingerprint density at radius 3 is 2.47 bits per heavy atom. The minimum Gasteiger partial charge on any atom is -0.396 e. The van der Waals surface area contributed by atoms with Gasteiger partial charge in [0, 0.05) is 11.2 Å². The van der Waals surface area contributed by atoms with Crippen molar-refractivity contribution in [2.24, 2.45) is 0 Å². The molecule has 2 rings (SSSR count). The maximum Gasteiger partial charge on any atom is 0.0719 e. The Bertz CT molecular complexity index is 422. The van der Waals surface area contributed by atoms with Gasteiger partial charge in [-0.05, 0) is 17.7 Å². The van der Waals surface area contributed by atoms with Gasteiger partial charge >= 0.3 is 0 Å². The zero-order valence-electron chi connectivity index (χ0n) is 7.93. The van der Waals surface area contributed by atoms with E-state index in [0.29, 0.717) is 12.2 Å². The highest BCUT2D eigenvalue weighted by Gasteiger charge is 1.96. The van der Waals surface area contributed by atoms with Crippen molar-refractivity contribution in [2.45, 2.75) is 6.54 Å². The van der Waals surface area contributed by atoms with Gasteiger partial charge in [0.1, 0.15) is 0 Å². The van der Waals surface area contributed by atoms with E-state index in [-0.39, 0.29) is 12.4 Å². The van der Waals surface area contributed by atoms with Crippen LogP contribution in [0, 0.1) is 0 Å². The number of hydrogen-bond donors (Lipinski definition) is 1.